The molecule has 24 heavy (non-hydrogen) atoms. The van der Waals surface area contributed by atoms with E-state index in [2.05, 4.69) is 5.32 Å². The molecule has 1 aromatic carbocycles. The van der Waals surface area contributed by atoms with Crippen LogP contribution in [0.25, 0.3) is 0 Å². The van der Waals surface area contributed by atoms with Crippen LogP contribution in [0.2, 0.25) is 0 Å². The molecule has 9 heteroatoms. The molecule has 0 radical (unpaired) electrons. The normalized spacial score (nSPS) is 42.1. The van der Waals surface area contributed by atoms with Gasteiger partial charge in [0.1, 0.15) is 12.2 Å². The topological polar surface area (TPSA) is 103 Å². The van der Waals surface area contributed by atoms with Crippen molar-refractivity contribution >= 4 is 13.5 Å². The molecule has 1 saturated carbocycles. The third-order valence-electron chi connectivity index (χ3n) is 5.10. The Balaban J connectivity index is 1.60. The summed E-state index contributed by atoms with van der Waals surface area (Å²) in [5.41, 5.74) is 1.29. The predicted molar refractivity (Wildman–Crippen MR) is 80.5 cm³/mol. The van der Waals surface area contributed by atoms with Crippen molar-refractivity contribution in [1.29, 1.82) is 0 Å². The first-order valence-electron chi connectivity index (χ1n) is 7.80. The highest BCUT2D eigenvalue weighted by molar-refractivity contribution is 7.53. The van der Waals surface area contributed by atoms with Gasteiger partial charge in [0.2, 0.25) is 6.79 Å². The molecule has 1 saturated heterocycles. The molecule has 128 valence electrons. The molecule has 1 unspecified atom stereocenters. The van der Waals surface area contributed by atoms with Crippen molar-refractivity contribution in [1.82, 2.24) is 5.32 Å². The van der Waals surface area contributed by atoms with Crippen molar-refractivity contribution < 1.29 is 33.0 Å². The van der Waals surface area contributed by atoms with Crippen LogP contribution in [0.3, 0.4) is 0 Å². The molecular weight excluding hydrogens is 337 g/mol. The molecule has 4 aliphatic rings. The Morgan fingerprint density at radius 3 is 2.71 bits per heavy atom. The molecule has 2 fully saturated rings. The van der Waals surface area contributed by atoms with E-state index in [1.807, 2.05) is 0 Å². The van der Waals surface area contributed by atoms with Crippen molar-refractivity contribution in [3.05, 3.63) is 23.3 Å². The number of aliphatic hydroxyl groups excluding tert-OH is 1. The van der Waals surface area contributed by atoms with E-state index in [-0.39, 0.29) is 18.6 Å². The Labute approximate surface area is 137 Å². The van der Waals surface area contributed by atoms with E-state index in [1.165, 1.54) is 6.66 Å². The maximum absolute atomic E-state index is 12.5. The molecule has 3 heterocycles. The van der Waals surface area contributed by atoms with Crippen LogP contribution in [-0.2, 0) is 13.6 Å². The second-order valence-electron chi connectivity index (χ2n) is 6.61. The fraction of sp³-hybridized carbons (Fsp3) is 0.533. The average molecular weight is 353 g/mol. The van der Waals surface area contributed by atoms with E-state index in [9.17, 15) is 14.5 Å². The quantitative estimate of drug-likeness (QED) is 0.670. The lowest BCUT2D eigenvalue weighted by Crippen LogP contribution is -2.60. The number of benzene rings is 1. The lowest BCUT2D eigenvalue weighted by Gasteiger charge is -2.43. The minimum absolute atomic E-state index is 0.122. The van der Waals surface area contributed by atoms with E-state index in [1.54, 1.807) is 12.1 Å². The van der Waals surface area contributed by atoms with Crippen LogP contribution in [0.15, 0.2) is 12.1 Å². The van der Waals surface area contributed by atoms with Gasteiger partial charge in [0, 0.05) is 18.1 Å². The maximum atomic E-state index is 12.5. The van der Waals surface area contributed by atoms with Crippen LogP contribution in [0.1, 0.15) is 28.3 Å². The highest BCUT2D eigenvalue weighted by atomic mass is 31.2. The molecule has 0 aromatic heterocycles. The monoisotopic (exact) mass is 353 g/mol. The Hall–Kier alpha value is -1.60. The first kappa shape index (κ1) is 14.7. The first-order chi connectivity index (χ1) is 11.4. The molecular formula is C15H16NO7P. The zero-order valence-corrected chi connectivity index (χ0v) is 13.7. The molecule has 6 atom stereocenters. The molecule has 1 aromatic rings. The van der Waals surface area contributed by atoms with Crippen molar-refractivity contribution in [2.24, 2.45) is 0 Å². The third kappa shape index (κ3) is 1.97. The second kappa shape index (κ2) is 4.73. The number of hydrogen-bond donors (Lipinski definition) is 2. The van der Waals surface area contributed by atoms with Crippen LogP contribution in [-0.4, -0.2) is 48.8 Å². The fourth-order valence-electron chi connectivity index (χ4n) is 4.11. The van der Waals surface area contributed by atoms with E-state index >= 15 is 0 Å². The molecule has 1 amide bonds. The van der Waals surface area contributed by atoms with Gasteiger partial charge < -0.3 is 24.4 Å². The van der Waals surface area contributed by atoms with Crippen LogP contribution in [0.5, 0.6) is 11.5 Å². The number of ether oxygens (including phenoxy) is 2. The summed E-state index contributed by atoms with van der Waals surface area (Å²) < 4.78 is 33.9. The summed E-state index contributed by atoms with van der Waals surface area (Å²) in [6, 6.07) is 3.05. The van der Waals surface area contributed by atoms with Gasteiger partial charge in [-0.15, -0.1) is 0 Å². The van der Waals surface area contributed by atoms with Gasteiger partial charge in [0.05, 0.1) is 12.1 Å². The summed E-state index contributed by atoms with van der Waals surface area (Å²) in [4.78, 5) is 12.5. The summed E-state index contributed by atoms with van der Waals surface area (Å²) in [5.74, 6) is 0.699. The highest BCUT2D eigenvalue weighted by Crippen LogP contribution is 2.58. The highest BCUT2D eigenvalue weighted by Gasteiger charge is 2.56. The summed E-state index contributed by atoms with van der Waals surface area (Å²) in [5, 5.41) is 13.4. The van der Waals surface area contributed by atoms with Gasteiger partial charge in [0.25, 0.3) is 5.91 Å². The van der Waals surface area contributed by atoms with Crippen LogP contribution in [0.4, 0.5) is 0 Å². The molecule has 1 aliphatic carbocycles. The summed E-state index contributed by atoms with van der Waals surface area (Å²) >= 11 is 0. The summed E-state index contributed by atoms with van der Waals surface area (Å²) in [6.07, 6.45) is -1.78. The largest absolute Gasteiger partial charge is 0.454 e. The van der Waals surface area contributed by atoms with Gasteiger partial charge in [0.15, 0.2) is 11.5 Å². The van der Waals surface area contributed by atoms with Crippen LogP contribution in [0, 0.1) is 0 Å². The number of amides is 1. The van der Waals surface area contributed by atoms with Gasteiger partial charge in [-0.1, -0.05) is 0 Å². The van der Waals surface area contributed by atoms with E-state index in [0.717, 1.165) is 5.56 Å². The molecule has 3 aliphatic heterocycles. The molecule has 2 N–H and O–H groups in total. The van der Waals surface area contributed by atoms with Gasteiger partial charge in [-0.25, -0.2) is 0 Å². The van der Waals surface area contributed by atoms with E-state index in [0.29, 0.717) is 23.5 Å². The van der Waals surface area contributed by atoms with Crippen molar-refractivity contribution in [2.75, 3.05) is 13.5 Å². The molecule has 8 nitrogen and oxygen atoms in total. The molecule has 0 bridgehead atoms. The lowest BCUT2D eigenvalue weighted by atomic mass is 9.72. The Morgan fingerprint density at radius 1 is 1.21 bits per heavy atom. The zero-order chi connectivity index (χ0) is 16.6. The predicted octanol–water partition coefficient (Wildman–Crippen LogP) is 0.982. The van der Waals surface area contributed by atoms with Gasteiger partial charge in [-0.2, -0.15) is 0 Å². The maximum Gasteiger partial charge on any atom is 0.328 e. The first-order valence-corrected chi connectivity index (χ1v) is 9.79. The van der Waals surface area contributed by atoms with Crippen LogP contribution >= 0.6 is 7.60 Å². The number of aliphatic hydroxyl groups is 1. The van der Waals surface area contributed by atoms with Gasteiger partial charge in [-0.05, 0) is 24.1 Å². The Bertz CT molecular complexity index is 796. The van der Waals surface area contributed by atoms with Gasteiger partial charge >= 0.3 is 7.60 Å². The summed E-state index contributed by atoms with van der Waals surface area (Å²) in [6.45, 7) is 1.50. The zero-order valence-electron chi connectivity index (χ0n) is 12.8. The van der Waals surface area contributed by atoms with Crippen molar-refractivity contribution in [3.63, 3.8) is 0 Å². The molecule has 0 spiro atoms. The number of carbonyl (C=O) groups excluding carboxylic acids is 1. The standard InChI is InChI=1S/C15H16NO7P/c1-24(19)22-13-9(17)2-7-6-3-10-11(21-5-20-10)4-8(6)15(18)16-12(7)14(13)23-24/h3-4,7,9,12-14,17H,2,5H2,1H3,(H,16,18)/t7-,9+,12-,13-,14+,24?/m1/s1. The lowest BCUT2D eigenvalue weighted by molar-refractivity contribution is -0.0370. The fourth-order valence-corrected chi connectivity index (χ4v) is 5.55. The van der Waals surface area contributed by atoms with Crippen molar-refractivity contribution in [3.8, 4) is 11.5 Å². The Morgan fingerprint density at radius 2 is 1.92 bits per heavy atom. The summed E-state index contributed by atoms with van der Waals surface area (Å²) in [7, 11) is -3.22. The number of nitrogens with one attached hydrogen (secondary N) is 1. The van der Waals surface area contributed by atoms with E-state index in [4.69, 9.17) is 18.5 Å². The van der Waals surface area contributed by atoms with Crippen LogP contribution < -0.4 is 14.8 Å². The minimum atomic E-state index is -3.22. The second-order valence-corrected chi connectivity index (χ2v) is 8.58. The van der Waals surface area contributed by atoms with E-state index < -0.39 is 31.9 Å². The molecule has 5 rings (SSSR count). The minimum Gasteiger partial charge on any atom is -0.454 e. The number of fused-ring (bicyclic) bond motifs is 6. The van der Waals surface area contributed by atoms with Gasteiger partial charge in [-0.3, -0.25) is 13.9 Å². The SMILES string of the molecule is CP1(=O)O[C@H]2[C@@H]3NC(=O)c4cc5c(cc4[C@H]3C[C@H](O)[C@H]2O1)OCO5. The Kier molecular flexibility index (Phi) is 2.90. The third-order valence-corrected chi connectivity index (χ3v) is 6.35. The number of hydrogen-bond acceptors (Lipinski definition) is 7. The number of carbonyl (C=O) groups is 1. The smallest absolute Gasteiger partial charge is 0.328 e. The number of rotatable bonds is 0. The average Bonchev–Trinajstić information content (AvgIpc) is 3.10. The van der Waals surface area contributed by atoms with Crippen molar-refractivity contribution in [2.45, 2.75) is 36.7 Å².